The Morgan fingerprint density at radius 3 is 2.48 bits per heavy atom. The SMILES string of the molecule is Fc1ccc(CCCNC(=S)Nc2ccc(Sc3ccccc3)nc2)cc1. The van der Waals surface area contributed by atoms with E-state index in [2.05, 4.69) is 27.8 Å². The molecule has 0 fully saturated rings. The van der Waals surface area contributed by atoms with Crippen molar-refractivity contribution in [1.29, 1.82) is 0 Å². The van der Waals surface area contributed by atoms with E-state index in [1.165, 1.54) is 12.1 Å². The number of halogens is 1. The van der Waals surface area contributed by atoms with Gasteiger partial charge in [-0.05, 0) is 67.0 Å². The molecule has 0 saturated heterocycles. The van der Waals surface area contributed by atoms with Crippen molar-refractivity contribution < 1.29 is 4.39 Å². The van der Waals surface area contributed by atoms with Crippen LogP contribution in [-0.2, 0) is 6.42 Å². The third kappa shape index (κ3) is 6.66. The van der Waals surface area contributed by atoms with Crippen LogP contribution in [0.2, 0.25) is 0 Å². The predicted molar refractivity (Wildman–Crippen MR) is 114 cm³/mol. The van der Waals surface area contributed by atoms with Crippen LogP contribution in [-0.4, -0.2) is 16.6 Å². The van der Waals surface area contributed by atoms with E-state index < -0.39 is 0 Å². The van der Waals surface area contributed by atoms with E-state index in [1.807, 2.05) is 42.5 Å². The minimum atomic E-state index is -0.205. The molecule has 2 N–H and O–H groups in total. The lowest BCUT2D eigenvalue weighted by molar-refractivity contribution is 0.626. The van der Waals surface area contributed by atoms with Gasteiger partial charge in [0, 0.05) is 11.4 Å². The Bertz CT molecular complexity index is 853. The number of thiocarbonyl (C=S) groups is 1. The highest BCUT2D eigenvalue weighted by Crippen LogP contribution is 2.25. The second-order valence-corrected chi connectivity index (χ2v) is 7.41. The van der Waals surface area contributed by atoms with Crippen LogP contribution in [0.5, 0.6) is 0 Å². The van der Waals surface area contributed by atoms with Gasteiger partial charge in [-0.25, -0.2) is 9.37 Å². The van der Waals surface area contributed by atoms with Crippen LogP contribution in [0.4, 0.5) is 10.1 Å². The lowest BCUT2D eigenvalue weighted by Gasteiger charge is -2.10. The van der Waals surface area contributed by atoms with Crippen LogP contribution in [0.15, 0.2) is 82.8 Å². The van der Waals surface area contributed by atoms with Crippen LogP contribution in [0.3, 0.4) is 0 Å². The number of aryl methyl sites for hydroxylation is 1. The van der Waals surface area contributed by atoms with Gasteiger partial charge >= 0.3 is 0 Å². The summed E-state index contributed by atoms with van der Waals surface area (Å²) in [7, 11) is 0. The van der Waals surface area contributed by atoms with E-state index in [0.717, 1.165) is 40.6 Å². The van der Waals surface area contributed by atoms with E-state index in [1.54, 1.807) is 18.0 Å². The molecule has 0 unspecified atom stereocenters. The molecule has 0 radical (unpaired) electrons. The van der Waals surface area contributed by atoms with Crippen molar-refractivity contribution >= 4 is 34.8 Å². The Balaban J connectivity index is 1.39. The molecule has 27 heavy (non-hydrogen) atoms. The van der Waals surface area contributed by atoms with E-state index >= 15 is 0 Å². The molecule has 0 aliphatic rings. The number of nitrogens with zero attached hydrogens (tertiary/aromatic N) is 1. The van der Waals surface area contributed by atoms with Gasteiger partial charge in [0.15, 0.2) is 5.11 Å². The fourth-order valence-corrected chi connectivity index (χ4v) is 3.44. The molecule has 0 saturated carbocycles. The first-order chi connectivity index (χ1) is 13.2. The highest BCUT2D eigenvalue weighted by molar-refractivity contribution is 7.99. The minimum absolute atomic E-state index is 0.205. The second kappa shape index (κ2) is 10.0. The van der Waals surface area contributed by atoms with Crippen LogP contribution >= 0.6 is 24.0 Å². The molecule has 3 aromatic rings. The van der Waals surface area contributed by atoms with Crippen molar-refractivity contribution in [3.05, 3.63) is 84.3 Å². The number of pyridine rings is 1. The summed E-state index contributed by atoms with van der Waals surface area (Å²) in [5.74, 6) is -0.205. The van der Waals surface area contributed by atoms with Gasteiger partial charge in [-0.1, -0.05) is 42.1 Å². The first kappa shape index (κ1) is 19.3. The van der Waals surface area contributed by atoms with Crippen LogP contribution < -0.4 is 10.6 Å². The molecule has 0 aliphatic heterocycles. The molecular weight excluding hydrogens is 377 g/mol. The van der Waals surface area contributed by atoms with E-state index in [4.69, 9.17) is 12.2 Å². The molecule has 1 heterocycles. The van der Waals surface area contributed by atoms with Crippen molar-refractivity contribution in [3.8, 4) is 0 Å². The topological polar surface area (TPSA) is 37.0 Å². The molecule has 0 amide bonds. The Kier molecular flexibility index (Phi) is 7.19. The second-order valence-electron chi connectivity index (χ2n) is 5.91. The molecule has 1 aromatic heterocycles. The summed E-state index contributed by atoms with van der Waals surface area (Å²) in [5.41, 5.74) is 1.97. The number of hydrogen-bond donors (Lipinski definition) is 2. The van der Waals surface area contributed by atoms with Gasteiger partial charge in [0.25, 0.3) is 0 Å². The highest BCUT2D eigenvalue weighted by atomic mass is 32.2. The highest BCUT2D eigenvalue weighted by Gasteiger charge is 2.01. The first-order valence-corrected chi connectivity index (χ1v) is 9.90. The molecule has 138 valence electrons. The van der Waals surface area contributed by atoms with Crippen molar-refractivity contribution in [1.82, 2.24) is 10.3 Å². The van der Waals surface area contributed by atoms with Gasteiger partial charge in [0.2, 0.25) is 0 Å². The van der Waals surface area contributed by atoms with Crippen molar-refractivity contribution in [2.24, 2.45) is 0 Å². The zero-order valence-electron chi connectivity index (χ0n) is 14.7. The van der Waals surface area contributed by atoms with Crippen LogP contribution in [0, 0.1) is 5.82 Å². The van der Waals surface area contributed by atoms with E-state index in [9.17, 15) is 4.39 Å². The quantitative estimate of drug-likeness (QED) is 0.418. The molecular formula is C21H20FN3S2. The third-order valence-electron chi connectivity index (χ3n) is 3.80. The van der Waals surface area contributed by atoms with Gasteiger partial charge in [-0.15, -0.1) is 0 Å². The number of anilines is 1. The van der Waals surface area contributed by atoms with Crippen LogP contribution in [0.25, 0.3) is 0 Å². The van der Waals surface area contributed by atoms with Gasteiger partial charge in [-0.3, -0.25) is 0 Å². The number of rotatable bonds is 7. The van der Waals surface area contributed by atoms with Gasteiger partial charge < -0.3 is 10.6 Å². The fraction of sp³-hybridized carbons (Fsp3) is 0.143. The molecule has 0 bridgehead atoms. The molecule has 0 aliphatic carbocycles. The maximum atomic E-state index is 12.9. The summed E-state index contributed by atoms with van der Waals surface area (Å²) in [6.07, 6.45) is 3.57. The van der Waals surface area contributed by atoms with Gasteiger partial charge in [0.1, 0.15) is 10.8 Å². The largest absolute Gasteiger partial charge is 0.362 e. The summed E-state index contributed by atoms with van der Waals surface area (Å²) < 4.78 is 12.9. The minimum Gasteiger partial charge on any atom is -0.362 e. The van der Waals surface area contributed by atoms with Crippen molar-refractivity contribution in [2.45, 2.75) is 22.8 Å². The number of benzene rings is 2. The summed E-state index contributed by atoms with van der Waals surface area (Å²) in [4.78, 5) is 5.61. The number of nitrogens with one attached hydrogen (secondary N) is 2. The Labute approximate surface area is 168 Å². The fourth-order valence-electron chi connectivity index (χ4n) is 2.44. The van der Waals surface area contributed by atoms with Crippen molar-refractivity contribution in [2.75, 3.05) is 11.9 Å². The van der Waals surface area contributed by atoms with Crippen LogP contribution in [0.1, 0.15) is 12.0 Å². The summed E-state index contributed by atoms with van der Waals surface area (Å²) >= 11 is 6.94. The average molecular weight is 398 g/mol. The lowest BCUT2D eigenvalue weighted by Crippen LogP contribution is -2.29. The van der Waals surface area contributed by atoms with E-state index in [0.29, 0.717) is 5.11 Å². The number of aromatic nitrogens is 1. The standard InChI is InChI=1S/C21H20FN3S2/c22-17-10-8-16(9-11-17)5-4-14-23-21(26)25-18-12-13-20(24-15-18)27-19-6-2-1-3-7-19/h1-3,6-13,15H,4-5,14H2,(H2,23,25,26). The van der Waals surface area contributed by atoms with Gasteiger partial charge in [-0.2, -0.15) is 0 Å². The Morgan fingerprint density at radius 1 is 1.00 bits per heavy atom. The Morgan fingerprint density at radius 2 is 1.78 bits per heavy atom. The molecule has 3 rings (SSSR count). The first-order valence-electron chi connectivity index (χ1n) is 8.67. The van der Waals surface area contributed by atoms with Gasteiger partial charge in [0.05, 0.1) is 11.9 Å². The molecule has 6 heteroatoms. The summed E-state index contributed by atoms with van der Waals surface area (Å²) in [6.45, 7) is 0.749. The van der Waals surface area contributed by atoms with Crippen molar-refractivity contribution in [3.63, 3.8) is 0 Å². The lowest BCUT2D eigenvalue weighted by atomic mass is 10.1. The molecule has 0 spiro atoms. The summed E-state index contributed by atoms with van der Waals surface area (Å²) in [6, 6.07) is 20.7. The normalized spacial score (nSPS) is 10.4. The molecule has 3 nitrogen and oxygen atoms in total. The smallest absolute Gasteiger partial charge is 0.170 e. The predicted octanol–water partition coefficient (Wildman–Crippen LogP) is 5.29. The Hall–Kier alpha value is -2.44. The maximum Gasteiger partial charge on any atom is 0.170 e. The van der Waals surface area contributed by atoms with E-state index in [-0.39, 0.29) is 5.82 Å². The molecule has 0 atom stereocenters. The monoisotopic (exact) mass is 397 g/mol. The molecule has 2 aromatic carbocycles. The maximum absolute atomic E-state index is 12.9. The zero-order valence-corrected chi connectivity index (χ0v) is 16.3. The third-order valence-corrected chi connectivity index (χ3v) is 5.01. The zero-order chi connectivity index (χ0) is 18.9. The summed E-state index contributed by atoms with van der Waals surface area (Å²) in [5, 5.41) is 7.82. The number of hydrogen-bond acceptors (Lipinski definition) is 3. The average Bonchev–Trinajstić information content (AvgIpc) is 2.69.